The van der Waals surface area contributed by atoms with Gasteiger partial charge in [0.25, 0.3) is 0 Å². The quantitative estimate of drug-likeness (QED) is 0.780. The number of carbonyl (C=O) groups excluding carboxylic acids is 1. The van der Waals surface area contributed by atoms with Gasteiger partial charge >= 0.3 is 0 Å². The Kier molecular flexibility index (Phi) is 3.09. The highest BCUT2D eigenvalue weighted by molar-refractivity contribution is 5.99. The van der Waals surface area contributed by atoms with Crippen LogP contribution in [0, 0.1) is 11.3 Å². The van der Waals surface area contributed by atoms with Gasteiger partial charge in [-0.2, -0.15) is 5.26 Å². The van der Waals surface area contributed by atoms with E-state index in [-0.39, 0.29) is 12.5 Å². The molecular formula is C12H13N3O2. The second kappa shape index (κ2) is 4.53. The molecule has 1 aromatic carbocycles. The van der Waals surface area contributed by atoms with E-state index >= 15 is 0 Å². The topological polar surface area (TPSA) is 88.1 Å². The predicted octanol–water partition coefficient (Wildman–Crippen LogP) is 0.615. The van der Waals surface area contributed by atoms with Crippen molar-refractivity contribution < 1.29 is 9.53 Å². The summed E-state index contributed by atoms with van der Waals surface area (Å²) in [6, 6.07) is 8.83. The Morgan fingerprint density at radius 2 is 2.29 bits per heavy atom. The van der Waals surface area contributed by atoms with Crippen LogP contribution in [0.15, 0.2) is 24.3 Å². The zero-order chi connectivity index (χ0) is 12.3. The van der Waals surface area contributed by atoms with Crippen LogP contribution in [-0.2, 0) is 9.53 Å². The van der Waals surface area contributed by atoms with Crippen LogP contribution in [0.2, 0.25) is 0 Å². The Morgan fingerprint density at radius 1 is 1.53 bits per heavy atom. The molecule has 1 fully saturated rings. The first kappa shape index (κ1) is 11.6. The van der Waals surface area contributed by atoms with E-state index in [0.717, 1.165) is 0 Å². The molecule has 0 spiro atoms. The molecule has 17 heavy (non-hydrogen) atoms. The smallest absolute Gasteiger partial charge is 0.246 e. The highest BCUT2D eigenvalue weighted by Gasteiger charge is 2.38. The first-order valence-electron chi connectivity index (χ1n) is 5.33. The maximum absolute atomic E-state index is 12.0. The third kappa shape index (κ3) is 2.28. The number of nitriles is 1. The molecule has 5 nitrogen and oxygen atoms in total. The van der Waals surface area contributed by atoms with Crippen molar-refractivity contribution >= 4 is 11.6 Å². The second-order valence-corrected chi connectivity index (χ2v) is 4.07. The average Bonchev–Trinajstić information content (AvgIpc) is 2.78. The van der Waals surface area contributed by atoms with Crippen LogP contribution in [0.25, 0.3) is 0 Å². The maximum Gasteiger partial charge on any atom is 0.246 e. The first-order valence-corrected chi connectivity index (χ1v) is 5.33. The first-order chi connectivity index (χ1) is 8.15. The van der Waals surface area contributed by atoms with Crippen molar-refractivity contribution in [3.05, 3.63) is 29.8 Å². The number of nitrogens with two attached hydrogens (primary N) is 1. The van der Waals surface area contributed by atoms with Gasteiger partial charge in [-0.1, -0.05) is 12.1 Å². The number of rotatable bonds is 2. The van der Waals surface area contributed by atoms with Gasteiger partial charge in [-0.05, 0) is 18.6 Å². The summed E-state index contributed by atoms with van der Waals surface area (Å²) in [5.41, 5.74) is 5.84. The van der Waals surface area contributed by atoms with Crippen molar-refractivity contribution in [3.63, 3.8) is 0 Å². The molecule has 0 radical (unpaired) electrons. The third-order valence-corrected chi connectivity index (χ3v) is 2.80. The lowest BCUT2D eigenvalue weighted by atomic mass is 9.99. The standard InChI is InChI=1S/C12H13N3O2/c13-7-9-3-1-2-4-10(9)15-11(16)12(14)5-6-17-8-12/h1-4H,5-6,8,14H2,(H,15,16). The second-order valence-electron chi connectivity index (χ2n) is 4.07. The lowest BCUT2D eigenvalue weighted by Crippen LogP contribution is -2.51. The van der Waals surface area contributed by atoms with Crippen LogP contribution in [0.1, 0.15) is 12.0 Å². The van der Waals surface area contributed by atoms with Gasteiger partial charge in [-0.15, -0.1) is 0 Å². The normalized spacial score (nSPS) is 23.1. The Balaban J connectivity index is 2.16. The zero-order valence-electron chi connectivity index (χ0n) is 9.27. The van der Waals surface area contributed by atoms with Crippen LogP contribution >= 0.6 is 0 Å². The molecule has 0 aliphatic carbocycles. The molecule has 1 aliphatic rings. The highest BCUT2D eigenvalue weighted by Crippen LogP contribution is 2.20. The van der Waals surface area contributed by atoms with E-state index in [1.54, 1.807) is 24.3 Å². The molecule has 3 N–H and O–H groups in total. The molecule has 1 aromatic rings. The van der Waals surface area contributed by atoms with Crippen molar-refractivity contribution in [2.24, 2.45) is 5.73 Å². The molecule has 1 aliphatic heterocycles. The van der Waals surface area contributed by atoms with Gasteiger partial charge in [0.05, 0.1) is 17.9 Å². The number of amides is 1. The molecule has 0 saturated carbocycles. The Morgan fingerprint density at radius 3 is 2.94 bits per heavy atom. The van der Waals surface area contributed by atoms with E-state index in [1.165, 1.54) is 0 Å². The van der Waals surface area contributed by atoms with Gasteiger partial charge in [0.15, 0.2) is 0 Å². The minimum absolute atomic E-state index is 0.216. The minimum atomic E-state index is -0.984. The van der Waals surface area contributed by atoms with E-state index in [9.17, 15) is 4.79 Å². The summed E-state index contributed by atoms with van der Waals surface area (Å²) in [6.45, 7) is 0.706. The lowest BCUT2D eigenvalue weighted by Gasteiger charge is -2.20. The van der Waals surface area contributed by atoms with Crippen LogP contribution in [0.5, 0.6) is 0 Å². The van der Waals surface area contributed by atoms with E-state index in [4.69, 9.17) is 15.7 Å². The van der Waals surface area contributed by atoms with Crippen molar-refractivity contribution in [2.45, 2.75) is 12.0 Å². The number of hydrogen-bond donors (Lipinski definition) is 2. The molecule has 1 saturated heterocycles. The number of nitrogens with one attached hydrogen (secondary N) is 1. The van der Waals surface area contributed by atoms with Gasteiger partial charge in [-0.3, -0.25) is 4.79 Å². The molecule has 2 rings (SSSR count). The van der Waals surface area contributed by atoms with Crippen LogP contribution in [0.3, 0.4) is 0 Å². The number of hydrogen-bond acceptors (Lipinski definition) is 4. The summed E-state index contributed by atoms with van der Waals surface area (Å²) < 4.78 is 5.12. The van der Waals surface area contributed by atoms with Gasteiger partial charge in [0, 0.05) is 6.61 Å². The average molecular weight is 231 g/mol. The molecule has 0 bridgehead atoms. The number of para-hydroxylation sites is 1. The fourth-order valence-electron chi connectivity index (χ4n) is 1.70. The van der Waals surface area contributed by atoms with Crippen molar-refractivity contribution in [3.8, 4) is 6.07 Å². The minimum Gasteiger partial charge on any atom is -0.379 e. The molecule has 88 valence electrons. The van der Waals surface area contributed by atoms with Gasteiger partial charge in [0.1, 0.15) is 11.6 Å². The number of ether oxygens (including phenoxy) is 1. The predicted molar refractivity (Wildman–Crippen MR) is 62.1 cm³/mol. The van der Waals surface area contributed by atoms with Crippen molar-refractivity contribution in [1.29, 1.82) is 5.26 Å². The SMILES string of the molecule is N#Cc1ccccc1NC(=O)C1(N)CCOC1. The van der Waals surface area contributed by atoms with E-state index in [0.29, 0.717) is 24.3 Å². The maximum atomic E-state index is 12.0. The van der Waals surface area contributed by atoms with Crippen LogP contribution in [0.4, 0.5) is 5.69 Å². The summed E-state index contributed by atoms with van der Waals surface area (Å²) in [6.07, 6.45) is 0.494. The van der Waals surface area contributed by atoms with Crippen molar-refractivity contribution in [1.82, 2.24) is 0 Å². The Bertz CT molecular complexity index is 473. The van der Waals surface area contributed by atoms with E-state index < -0.39 is 5.54 Å². The highest BCUT2D eigenvalue weighted by atomic mass is 16.5. The molecule has 0 aromatic heterocycles. The molecule has 1 unspecified atom stereocenters. The number of carbonyl (C=O) groups is 1. The number of anilines is 1. The molecule has 1 atom stereocenters. The summed E-state index contributed by atoms with van der Waals surface area (Å²) in [4.78, 5) is 12.0. The summed E-state index contributed by atoms with van der Waals surface area (Å²) in [5.74, 6) is -0.308. The Labute approximate surface area is 99.2 Å². The van der Waals surface area contributed by atoms with Gasteiger partial charge in [0.2, 0.25) is 5.91 Å². The van der Waals surface area contributed by atoms with Crippen LogP contribution in [-0.4, -0.2) is 24.7 Å². The summed E-state index contributed by atoms with van der Waals surface area (Å²) >= 11 is 0. The molecular weight excluding hydrogens is 218 g/mol. The van der Waals surface area contributed by atoms with Gasteiger partial charge in [-0.25, -0.2) is 0 Å². The number of nitrogens with zero attached hydrogens (tertiary/aromatic N) is 1. The lowest BCUT2D eigenvalue weighted by molar-refractivity contribution is -0.121. The molecule has 1 amide bonds. The van der Waals surface area contributed by atoms with Gasteiger partial charge < -0.3 is 15.8 Å². The zero-order valence-corrected chi connectivity index (χ0v) is 9.27. The third-order valence-electron chi connectivity index (χ3n) is 2.80. The summed E-state index contributed by atoms with van der Waals surface area (Å²) in [5, 5.41) is 11.6. The number of benzene rings is 1. The molecule has 5 heteroatoms. The molecule has 1 heterocycles. The van der Waals surface area contributed by atoms with E-state index in [1.807, 2.05) is 6.07 Å². The monoisotopic (exact) mass is 231 g/mol. The summed E-state index contributed by atoms with van der Waals surface area (Å²) in [7, 11) is 0. The van der Waals surface area contributed by atoms with E-state index in [2.05, 4.69) is 5.32 Å². The fraction of sp³-hybridized carbons (Fsp3) is 0.333. The van der Waals surface area contributed by atoms with Crippen molar-refractivity contribution in [2.75, 3.05) is 18.5 Å². The van der Waals surface area contributed by atoms with Crippen LogP contribution < -0.4 is 11.1 Å². The fourth-order valence-corrected chi connectivity index (χ4v) is 1.70. The largest absolute Gasteiger partial charge is 0.379 e. The Hall–Kier alpha value is -1.90.